The summed E-state index contributed by atoms with van der Waals surface area (Å²) in [5, 5.41) is 3.03. The normalized spacial score (nSPS) is 12.9. The molecular formula is C15H21NOSi. The van der Waals surface area contributed by atoms with E-state index >= 15 is 0 Å². The molecule has 0 bridgehead atoms. The van der Waals surface area contributed by atoms with Gasteiger partial charge in [-0.3, -0.25) is 4.79 Å². The van der Waals surface area contributed by atoms with Gasteiger partial charge in [0.15, 0.2) is 0 Å². The number of hydrogen-bond acceptors (Lipinski definition) is 1. The summed E-state index contributed by atoms with van der Waals surface area (Å²) in [7, 11) is -1.54. The number of rotatable bonds is 2. The molecule has 0 amide bonds. The number of nitrogens with one attached hydrogen (secondary N) is 1. The lowest BCUT2D eigenvalue weighted by atomic mass is 10.2. The summed E-state index contributed by atoms with van der Waals surface area (Å²) in [6.07, 6.45) is 3.03. The standard InChI is InChI=1S/C15H21NOSi/c1-15(2,3)18(4,5)14-9-16-13-8-11(10-17)6-7-12(13)14/h6-10,16H,1-5H3. The van der Waals surface area contributed by atoms with Gasteiger partial charge in [0.2, 0.25) is 0 Å². The molecule has 0 saturated carbocycles. The molecule has 0 radical (unpaired) electrons. The van der Waals surface area contributed by atoms with E-state index in [1.807, 2.05) is 12.1 Å². The van der Waals surface area contributed by atoms with Crippen LogP contribution in [0.15, 0.2) is 24.4 Å². The fourth-order valence-corrected chi connectivity index (χ4v) is 4.27. The van der Waals surface area contributed by atoms with Crippen LogP contribution in [0.5, 0.6) is 0 Å². The van der Waals surface area contributed by atoms with E-state index in [0.29, 0.717) is 5.04 Å². The molecule has 3 heteroatoms. The Morgan fingerprint density at radius 1 is 1.22 bits per heavy atom. The van der Waals surface area contributed by atoms with E-state index in [1.165, 1.54) is 10.6 Å². The molecule has 0 aliphatic carbocycles. The Hall–Kier alpha value is -1.35. The zero-order chi connectivity index (χ0) is 13.6. The first-order valence-corrected chi connectivity index (χ1v) is 9.34. The average molecular weight is 259 g/mol. The van der Waals surface area contributed by atoms with Crippen molar-refractivity contribution in [3.05, 3.63) is 30.0 Å². The monoisotopic (exact) mass is 259 g/mol. The number of aromatic nitrogens is 1. The molecule has 0 spiro atoms. The lowest BCUT2D eigenvalue weighted by Gasteiger charge is -2.36. The fourth-order valence-electron chi connectivity index (χ4n) is 2.14. The first kappa shape index (κ1) is 13.1. The summed E-state index contributed by atoms with van der Waals surface area (Å²) in [5.41, 5.74) is 1.80. The molecule has 2 nitrogen and oxygen atoms in total. The number of carbonyl (C=O) groups excluding carboxylic acids is 1. The van der Waals surface area contributed by atoms with Crippen LogP contribution >= 0.6 is 0 Å². The van der Waals surface area contributed by atoms with Crippen LogP contribution in [-0.2, 0) is 0 Å². The van der Waals surface area contributed by atoms with E-state index in [4.69, 9.17) is 0 Å². The summed E-state index contributed by atoms with van der Waals surface area (Å²) in [6, 6.07) is 5.91. The summed E-state index contributed by atoms with van der Waals surface area (Å²) < 4.78 is 0. The predicted octanol–water partition coefficient (Wildman–Crippen LogP) is 3.70. The maximum Gasteiger partial charge on any atom is 0.150 e. The second kappa shape index (κ2) is 4.09. The van der Waals surface area contributed by atoms with Crippen LogP contribution in [0.3, 0.4) is 0 Å². The Morgan fingerprint density at radius 2 is 1.89 bits per heavy atom. The van der Waals surface area contributed by atoms with Gasteiger partial charge < -0.3 is 4.98 Å². The van der Waals surface area contributed by atoms with E-state index in [-0.39, 0.29) is 0 Å². The summed E-state index contributed by atoms with van der Waals surface area (Å²) in [6.45, 7) is 11.8. The van der Waals surface area contributed by atoms with Crippen LogP contribution < -0.4 is 5.19 Å². The highest BCUT2D eigenvalue weighted by atomic mass is 28.3. The Morgan fingerprint density at radius 3 is 2.44 bits per heavy atom. The van der Waals surface area contributed by atoms with E-state index in [1.54, 1.807) is 0 Å². The van der Waals surface area contributed by atoms with Crippen LogP contribution in [0.25, 0.3) is 10.9 Å². The molecule has 2 aromatic rings. The third kappa shape index (κ3) is 1.92. The summed E-state index contributed by atoms with van der Waals surface area (Å²) in [4.78, 5) is 14.1. The van der Waals surface area contributed by atoms with Crippen LogP contribution in [0.4, 0.5) is 0 Å². The Bertz CT molecular complexity index is 590. The highest BCUT2D eigenvalue weighted by molar-refractivity contribution is 6.93. The first-order chi connectivity index (χ1) is 8.27. The summed E-state index contributed by atoms with van der Waals surface area (Å²) in [5.74, 6) is 0. The first-order valence-electron chi connectivity index (χ1n) is 6.34. The van der Waals surface area contributed by atoms with E-state index < -0.39 is 8.07 Å². The molecule has 0 unspecified atom stereocenters. The zero-order valence-corrected chi connectivity index (χ0v) is 12.8. The molecule has 1 aromatic carbocycles. The minimum absolute atomic E-state index is 0.311. The van der Waals surface area contributed by atoms with Gasteiger partial charge in [0.05, 0.1) is 8.07 Å². The Kier molecular flexibility index (Phi) is 2.97. The van der Waals surface area contributed by atoms with Crippen molar-refractivity contribution in [1.29, 1.82) is 0 Å². The number of benzene rings is 1. The maximum absolute atomic E-state index is 10.8. The van der Waals surface area contributed by atoms with Crippen molar-refractivity contribution >= 4 is 30.4 Å². The lowest BCUT2D eigenvalue weighted by molar-refractivity contribution is 0.112. The Balaban J connectivity index is 2.63. The smallest absolute Gasteiger partial charge is 0.150 e. The SMILES string of the molecule is CC(C)(C)[Si](C)(C)c1c[nH]c2cc(C=O)ccc12. The third-order valence-corrected chi connectivity index (χ3v) is 9.90. The van der Waals surface area contributed by atoms with Crippen LogP contribution in [-0.4, -0.2) is 19.3 Å². The van der Waals surface area contributed by atoms with E-state index in [2.05, 4.69) is 51.1 Å². The molecule has 1 aromatic heterocycles. The number of aldehydes is 1. The molecular weight excluding hydrogens is 238 g/mol. The topological polar surface area (TPSA) is 32.9 Å². The van der Waals surface area contributed by atoms with Gasteiger partial charge in [-0.15, -0.1) is 0 Å². The van der Waals surface area contributed by atoms with Crippen molar-refractivity contribution in [3.63, 3.8) is 0 Å². The largest absolute Gasteiger partial charge is 0.361 e. The van der Waals surface area contributed by atoms with Crippen molar-refractivity contribution in [2.24, 2.45) is 0 Å². The van der Waals surface area contributed by atoms with E-state index in [9.17, 15) is 4.79 Å². The Labute approximate surface area is 109 Å². The van der Waals surface area contributed by atoms with Crippen molar-refractivity contribution in [1.82, 2.24) is 4.98 Å². The molecule has 2 rings (SSSR count). The van der Waals surface area contributed by atoms with Gasteiger partial charge in [-0.05, 0) is 21.7 Å². The highest BCUT2D eigenvalue weighted by Crippen LogP contribution is 2.36. The molecule has 18 heavy (non-hydrogen) atoms. The van der Waals surface area contributed by atoms with Gasteiger partial charge in [-0.2, -0.15) is 0 Å². The van der Waals surface area contributed by atoms with Crippen molar-refractivity contribution in [2.75, 3.05) is 0 Å². The quantitative estimate of drug-likeness (QED) is 0.647. The number of H-pyrrole nitrogens is 1. The number of hydrogen-bond donors (Lipinski definition) is 1. The second-order valence-electron chi connectivity index (χ2n) is 6.50. The van der Waals surface area contributed by atoms with Gasteiger partial charge in [0.1, 0.15) is 6.29 Å². The van der Waals surface area contributed by atoms with Gasteiger partial charge in [0.25, 0.3) is 0 Å². The van der Waals surface area contributed by atoms with E-state index in [0.717, 1.165) is 17.4 Å². The van der Waals surface area contributed by atoms with Gasteiger partial charge in [-0.25, -0.2) is 0 Å². The molecule has 96 valence electrons. The number of fused-ring (bicyclic) bond motifs is 1. The fraction of sp³-hybridized carbons (Fsp3) is 0.400. The second-order valence-corrected chi connectivity index (χ2v) is 11.8. The molecule has 0 saturated heterocycles. The molecule has 0 aliphatic rings. The predicted molar refractivity (Wildman–Crippen MR) is 80.5 cm³/mol. The van der Waals surface area contributed by atoms with Crippen molar-refractivity contribution < 1.29 is 4.79 Å². The minimum Gasteiger partial charge on any atom is -0.361 e. The van der Waals surface area contributed by atoms with Crippen LogP contribution in [0, 0.1) is 0 Å². The van der Waals surface area contributed by atoms with Crippen LogP contribution in [0.1, 0.15) is 31.1 Å². The molecule has 1 N–H and O–H groups in total. The molecule has 1 heterocycles. The highest BCUT2D eigenvalue weighted by Gasteiger charge is 2.38. The number of carbonyl (C=O) groups is 1. The zero-order valence-electron chi connectivity index (χ0n) is 11.8. The van der Waals surface area contributed by atoms with Gasteiger partial charge in [0, 0.05) is 17.3 Å². The molecule has 0 aliphatic heterocycles. The average Bonchev–Trinajstić information content (AvgIpc) is 2.70. The number of aromatic amines is 1. The van der Waals surface area contributed by atoms with Gasteiger partial charge in [-0.1, -0.05) is 46.0 Å². The molecule has 0 atom stereocenters. The van der Waals surface area contributed by atoms with Crippen molar-refractivity contribution in [3.8, 4) is 0 Å². The van der Waals surface area contributed by atoms with Crippen LogP contribution in [0.2, 0.25) is 18.1 Å². The van der Waals surface area contributed by atoms with Crippen molar-refractivity contribution in [2.45, 2.75) is 38.9 Å². The maximum atomic E-state index is 10.8. The minimum atomic E-state index is -1.54. The van der Waals surface area contributed by atoms with Gasteiger partial charge >= 0.3 is 0 Å². The molecule has 0 fully saturated rings. The summed E-state index contributed by atoms with van der Waals surface area (Å²) >= 11 is 0. The lowest BCUT2D eigenvalue weighted by Crippen LogP contribution is -2.49. The third-order valence-electron chi connectivity index (χ3n) is 4.39.